The van der Waals surface area contributed by atoms with Gasteiger partial charge < -0.3 is 5.11 Å². The molecular formula is C11H13O2. The topological polar surface area (TPSA) is 37.3 Å². The molecule has 1 radical (unpaired) electrons. The molecule has 0 aromatic heterocycles. The summed E-state index contributed by atoms with van der Waals surface area (Å²) in [6.45, 7) is 1.99. The fourth-order valence-corrected chi connectivity index (χ4v) is 1.35. The number of aliphatic carboxylic acids is 1. The number of carboxylic acids is 1. The van der Waals surface area contributed by atoms with Crippen LogP contribution in [0.3, 0.4) is 0 Å². The summed E-state index contributed by atoms with van der Waals surface area (Å²) in [4.78, 5) is 10.9. The monoisotopic (exact) mass is 177 g/mol. The molecule has 0 heterocycles. The number of rotatable bonds is 4. The van der Waals surface area contributed by atoms with Gasteiger partial charge in [-0.3, -0.25) is 4.79 Å². The average molecular weight is 177 g/mol. The summed E-state index contributed by atoms with van der Waals surface area (Å²) in [6.07, 6.45) is 1.58. The molecule has 1 N–H and O–H groups in total. The first-order valence-corrected chi connectivity index (χ1v) is 4.44. The van der Waals surface area contributed by atoms with Crippen LogP contribution in [0, 0.1) is 6.07 Å². The van der Waals surface area contributed by atoms with Gasteiger partial charge in [0.15, 0.2) is 0 Å². The van der Waals surface area contributed by atoms with Crippen molar-refractivity contribution >= 4 is 5.97 Å². The minimum atomic E-state index is -0.743. The van der Waals surface area contributed by atoms with Crippen LogP contribution in [-0.2, 0) is 4.79 Å². The van der Waals surface area contributed by atoms with Gasteiger partial charge in [-0.15, -0.1) is 0 Å². The molecule has 0 saturated heterocycles. The van der Waals surface area contributed by atoms with Crippen molar-refractivity contribution in [2.45, 2.75) is 25.7 Å². The first-order chi connectivity index (χ1) is 6.25. The molecule has 1 rings (SSSR count). The third-order valence-electron chi connectivity index (χ3n) is 2.02. The zero-order chi connectivity index (χ0) is 9.68. The van der Waals surface area contributed by atoms with Gasteiger partial charge in [0.1, 0.15) is 0 Å². The lowest BCUT2D eigenvalue weighted by Gasteiger charge is -2.10. The molecule has 0 aliphatic carbocycles. The third-order valence-corrected chi connectivity index (χ3v) is 2.02. The Hall–Kier alpha value is -1.31. The second-order valence-electron chi connectivity index (χ2n) is 3.01. The molecule has 0 amide bonds. The number of benzene rings is 1. The van der Waals surface area contributed by atoms with Crippen LogP contribution in [0.25, 0.3) is 0 Å². The SMILES string of the molecule is CCCC(C(=O)O)c1cc[c]cc1. The van der Waals surface area contributed by atoms with Crippen LogP contribution in [0.2, 0.25) is 0 Å². The molecule has 0 spiro atoms. The van der Waals surface area contributed by atoms with Gasteiger partial charge in [-0.25, -0.2) is 0 Å². The summed E-state index contributed by atoms with van der Waals surface area (Å²) in [6, 6.07) is 10.0. The second-order valence-corrected chi connectivity index (χ2v) is 3.01. The van der Waals surface area contributed by atoms with Gasteiger partial charge >= 0.3 is 5.97 Å². The molecule has 0 aliphatic rings. The lowest BCUT2D eigenvalue weighted by atomic mass is 9.95. The Morgan fingerprint density at radius 2 is 2.15 bits per heavy atom. The summed E-state index contributed by atoms with van der Waals surface area (Å²) >= 11 is 0. The molecule has 1 unspecified atom stereocenters. The van der Waals surface area contributed by atoms with Gasteiger partial charge in [0.2, 0.25) is 0 Å². The summed E-state index contributed by atoms with van der Waals surface area (Å²) in [5.41, 5.74) is 0.869. The Balaban J connectivity index is 2.82. The maximum Gasteiger partial charge on any atom is 0.310 e. The van der Waals surface area contributed by atoms with Crippen molar-refractivity contribution in [3.05, 3.63) is 35.9 Å². The molecule has 1 aromatic rings. The van der Waals surface area contributed by atoms with E-state index in [4.69, 9.17) is 5.11 Å². The zero-order valence-electron chi connectivity index (χ0n) is 7.66. The van der Waals surface area contributed by atoms with E-state index in [2.05, 4.69) is 6.07 Å². The van der Waals surface area contributed by atoms with Gasteiger partial charge in [-0.1, -0.05) is 37.6 Å². The third kappa shape index (κ3) is 2.58. The number of carbonyl (C=O) groups is 1. The number of hydrogen-bond acceptors (Lipinski definition) is 1. The summed E-state index contributed by atoms with van der Waals surface area (Å²) < 4.78 is 0. The maximum absolute atomic E-state index is 10.9. The molecular weight excluding hydrogens is 164 g/mol. The van der Waals surface area contributed by atoms with Gasteiger partial charge in [0.25, 0.3) is 0 Å². The molecule has 1 atom stereocenters. The van der Waals surface area contributed by atoms with E-state index >= 15 is 0 Å². The zero-order valence-corrected chi connectivity index (χ0v) is 7.66. The summed E-state index contributed by atoms with van der Waals surface area (Å²) in [5.74, 6) is -1.10. The van der Waals surface area contributed by atoms with Crippen LogP contribution < -0.4 is 0 Å². The quantitative estimate of drug-likeness (QED) is 0.767. The fourth-order valence-electron chi connectivity index (χ4n) is 1.35. The van der Waals surface area contributed by atoms with Crippen LogP contribution in [0.1, 0.15) is 31.2 Å². The number of carboxylic acid groups (broad SMARTS) is 1. The molecule has 1 aromatic carbocycles. The van der Waals surface area contributed by atoms with Crippen molar-refractivity contribution < 1.29 is 9.90 Å². The predicted molar refractivity (Wildman–Crippen MR) is 50.6 cm³/mol. The molecule has 13 heavy (non-hydrogen) atoms. The van der Waals surface area contributed by atoms with Crippen LogP contribution in [-0.4, -0.2) is 11.1 Å². The van der Waals surface area contributed by atoms with E-state index in [9.17, 15) is 4.79 Å². The van der Waals surface area contributed by atoms with Crippen LogP contribution in [0.5, 0.6) is 0 Å². The first kappa shape index (κ1) is 9.78. The van der Waals surface area contributed by atoms with Crippen LogP contribution in [0.15, 0.2) is 24.3 Å². The predicted octanol–water partition coefficient (Wildman–Crippen LogP) is 2.46. The van der Waals surface area contributed by atoms with Gasteiger partial charge in [-0.2, -0.15) is 0 Å². The maximum atomic E-state index is 10.9. The molecule has 0 aliphatic heterocycles. The van der Waals surface area contributed by atoms with E-state index in [1.54, 1.807) is 12.1 Å². The van der Waals surface area contributed by atoms with E-state index in [0.717, 1.165) is 12.0 Å². The normalized spacial score (nSPS) is 12.4. The highest BCUT2D eigenvalue weighted by Gasteiger charge is 2.17. The van der Waals surface area contributed by atoms with E-state index in [1.807, 2.05) is 19.1 Å². The first-order valence-electron chi connectivity index (χ1n) is 4.44. The molecule has 0 fully saturated rings. The van der Waals surface area contributed by atoms with Gasteiger partial charge in [0, 0.05) is 0 Å². The van der Waals surface area contributed by atoms with E-state index in [0.29, 0.717) is 6.42 Å². The van der Waals surface area contributed by atoms with Gasteiger partial charge in [-0.05, 0) is 18.1 Å². The Labute approximate surface area is 78.2 Å². The summed E-state index contributed by atoms with van der Waals surface area (Å²) in [7, 11) is 0. The van der Waals surface area contributed by atoms with Crippen molar-refractivity contribution in [3.8, 4) is 0 Å². The van der Waals surface area contributed by atoms with Crippen molar-refractivity contribution in [3.63, 3.8) is 0 Å². The second kappa shape index (κ2) is 4.65. The lowest BCUT2D eigenvalue weighted by molar-refractivity contribution is -0.139. The molecule has 0 saturated carbocycles. The molecule has 69 valence electrons. The van der Waals surface area contributed by atoms with Crippen LogP contribution >= 0.6 is 0 Å². The molecule has 2 heteroatoms. The van der Waals surface area contributed by atoms with E-state index in [-0.39, 0.29) is 5.92 Å². The standard InChI is InChI=1S/C11H13O2/c1-2-6-10(11(12)13)9-7-4-3-5-8-9/h4-5,7-8,10H,2,6H2,1H3,(H,12,13). The van der Waals surface area contributed by atoms with E-state index in [1.165, 1.54) is 0 Å². The lowest BCUT2D eigenvalue weighted by Crippen LogP contribution is -2.10. The molecule has 2 nitrogen and oxygen atoms in total. The minimum Gasteiger partial charge on any atom is -0.481 e. The largest absolute Gasteiger partial charge is 0.481 e. The van der Waals surface area contributed by atoms with E-state index < -0.39 is 5.97 Å². The minimum absolute atomic E-state index is 0.361. The van der Waals surface area contributed by atoms with Crippen molar-refractivity contribution in [1.29, 1.82) is 0 Å². The fraction of sp³-hybridized carbons (Fsp3) is 0.364. The van der Waals surface area contributed by atoms with Crippen molar-refractivity contribution in [2.24, 2.45) is 0 Å². The van der Waals surface area contributed by atoms with Crippen molar-refractivity contribution in [1.82, 2.24) is 0 Å². The Kier molecular flexibility index (Phi) is 3.50. The Morgan fingerprint density at radius 3 is 2.62 bits per heavy atom. The summed E-state index contributed by atoms with van der Waals surface area (Å²) in [5, 5.41) is 8.95. The van der Waals surface area contributed by atoms with Crippen LogP contribution in [0.4, 0.5) is 0 Å². The highest BCUT2D eigenvalue weighted by atomic mass is 16.4. The van der Waals surface area contributed by atoms with Gasteiger partial charge in [0.05, 0.1) is 5.92 Å². The smallest absolute Gasteiger partial charge is 0.310 e. The highest BCUT2D eigenvalue weighted by molar-refractivity contribution is 5.75. The number of hydrogen-bond donors (Lipinski definition) is 1. The Bertz CT molecular complexity index is 267. The average Bonchev–Trinajstić information content (AvgIpc) is 2.15. The Morgan fingerprint density at radius 1 is 1.54 bits per heavy atom. The highest BCUT2D eigenvalue weighted by Crippen LogP contribution is 2.20. The molecule has 0 bridgehead atoms. The van der Waals surface area contributed by atoms with Crippen molar-refractivity contribution in [2.75, 3.05) is 0 Å².